The lowest BCUT2D eigenvalue weighted by atomic mass is 10.1. The molecule has 11 heavy (non-hydrogen) atoms. The molecule has 64 valence electrons. The van der Waals surface area contributed by atoms with Gasteiger partial charge < -0.3 is 14.4 Å². The van der Waals surface area contributed by atoms with Gasteiger partial charge >= 0.3 is 0 Å². The molecule has 2 saturated heterocycles. The standard InChI is InChI=1S/C8H15NO2/c1-7-5-9(2)6-8(7)10-3-4-11-8/h7H,3-6H2,1-2H3. The van der Waals surface area contributed by atoms with E-state index in [0.29, 0.717) is 5.92 Å². The maximum absolute atomic E-state index is 5.62. The van der Waals surface area contributed by atoms with Crippen LogP contribution in [0, 0.1) is 5.92 Å². The molecule has 2 fully saturated rings. The van der Waals surface area contributed by atoms with Gasteiger partial charge in [0.1, 0.15) is 0 Å². The topological polar surface area (TPSA) is 21.7 Å². The van der Waals surface area contributed by atoms with Gasteiger partial charge in [-0.05, 0) is 7.05 Å². The zero-order chi connectivity index (χ0) is 7.90. The molecule has 0 aliphatic carbocycles. The second-order valence-electron chi connectivity index (χ2n) is 3.61. The van der Waals surface area contributed by atoms with Crippen molar-refractivity contribution in [3.63, 3.8) is 0 Å². The molecule has 0 aromatic carbocycles. The van der Waals surface area contributed by atoms with E-state index in [9.17, 15) is 0 Å². The van der Waals surface area contributed by atoms with E-state index in [1.54, 1.807) is 0 Å². The van der Waals surface area contributed by atoms with Crippen molar-refractivity contribution in [1.29, 1.82) is 0 Å². The highest BCUT2D eigenvalue weighted by atomic mass is 16.7. The van der Waals surface area contributed by atoms with Gasteiger partial charge in [-0.2, -0.15) is 0 Å². The van der Waals surface area contributed by atoms with E-state index in [1.165, 1.54) is 0 Å². The Morgan fingerprint density at radius 3 is 2.45 bits per heavy atom. The van der Waals surface area contributed by atoms with Gasteiger partial charge in [0.25, 0.3) is 0 Å². The highest BCUT2D eigenvalue weighted by Gasteiger charge is 2.47. The number of likely N-dealkylation sites (tertiary alicyclic amines) is 1. The fourth-order valence-corrected chi connectivity index (χ4v) is 2.05. The van der Waals surface area contributed by atoms with E-state index in [2.05, 4.69) is 18.9 Å². The van der Waals surface area contributed by atoms with Crippen molar-refractivity contribution < 1.29 is 9.47 Å². The van der Waals surface area contributed by atoms with E-state index >= 15 is 0 Å². The third-order valence-electron chi connectivity index (χ3n) is 2.60. The molecular formula is C8H15NO2. The predicted molar refractivity (Wildman–Crippen MR) is 41.3 cm³/mol. The molecule has 0 saturated carbocycles. The van der Waals surface area contributed by atoms with Crippen molar-refractivity contribution in [3.05, 3.63) is 0 Å². The first-order valence-electron chi connectivity index (χ1n) is 4.19. The van der Waals surface area contributed by atoms with Crippen LogP contribution < -0.4 is 0 Å². The minimum atomic E-state index is -0.255. The largest absolute Gasteiger partial charge is 0.346 e. The maximum Gasteiger partial charge on any atom is 0.184 e. The van der Waals surface area contributed by atoms with Crippen LogP contribution >= 0.6 is 0 Å². The summed E-state index contributed by atoms with van der Waals surface area (Å²) in [6.07, 6.45) is 0. The fraction of sp³-hybridized carbons (Fsp3) is 1.00. The summed E-state index contributed by atoms with van der Waals surface area (Å²) in [4.78, 5) is 2.26. The Morgan fingerprint density at radius 1 is 1.36 bits per heavy atom. The Hall–Kier alpha value is -0.120. The monoisotopic (exact) mass is 157 g/mol. The van der Waals surface area contributed by atoms with Crippen LogP contribution in [0.15, 0.2) is 0 Å². The van der Waals surface area contributed by atoms with Crippen LogP contribution in [0.4, 0.5) is 0 Å². The third kappa shape index (κ3) is 1.08. The molecule has 2 aliphatic heterocycles. The number of hydrogen-bond donors (Lipinski definition) is 0. The summed E-state index contributed by atoms with van der Waals surface area (Å²) in [5.74, 6) is 0.254. The van der Waals surface area contributed by atoms with Crippen molar-refractivity contribution in [2.45, 2.75) is 12.7 Å². The zero-order valence-corrected chi connectivity index (χ0v) is 7.17. The second-order valence-corrected chi connectivity index (χ2v) is 3.61. The minimum absolute atomic E-state index is 0.255. The summed E-state index contributed by atoms with van der Waals surface area (Å²) in [5.41, 5.74) is 0. The Balaban J connectivity index is 2.12. The Labute approximate surface area is 67.3 Å². The predicted octanol–water partition coefficient (Wildman–Crippen LogP) is 0.311. The van der Waals surface area contributed by atoms with E-state index < -0.39 is 0 Å². The second kappa shape index (κ2) is 2.44. The summed E-state index contributed by atoms with van der Waals surface area (Å²) in [6, 6.07) is 0. The molecule has 0 aromatic heterocycles. The summed E-state index contributed by atoms with van der Waals surface area (Å²) >= 11 is 0. The number of rotatable bonds is 0. The Bertz CT molecular complexity index is 154. The molecule has 0 amide bonds. The lowest BCUT2D eigenvalue weighted by Gasteiger charge is -2.25. The van der Waals surface area contributed by atoms with Gasteiger partial charge in [-0.15, -0.1) is 0 Å². The first kappa shape index (κ1) is 7.53. The highest BCUT2D eigenvalue weighted by Crippen LogP contribution is 2.34. The van der Waals surface area contributed by atoms with Crippen LogP contribution in [0.5, 0.6) is 0 Å². The van der Waals surface area contributed by atoms with E-state index in [4.69, 9.17) is 9.47 Å². The van der Waals surface area contributed by atoms with Gasteiger partial charge in [-0.25, -0.2) is 0 Å². The quantitative estimate of drug-likeness (QED) is 0.505. The van der Waals surface area contributed by atoms with E-state index in [1.807, 2.05) is 0 Å². The third-order valence-corrected chi connectivity index (χ3v) is 2.60. The highest BCUT2D eigenvalue weighted by molar-refractivity contribution is 4.90. The van der Waals surface area contributed by atoms with Crippen LogP contribution in [0.3, 0.4) is 0 Å². The molecule has 1 spiro atoms. The van der Waals surface area contributed by atoms with Crippen molar-refractivity contribution in [2.75, 3.05) is 33.4 Å². The Morgan fingerprint density at radius 2 is 2.00 bits per heavy atom. The molecule has 3 heteroatoms. The molecule has 2 heterocycles. The minimum Gasteiger partial charge on any atom is -0.346 e. The number of ether oxygens (including phenoxy) is 2. The van der Waals surface area contributed by atoms with Gasteiger partial charge in [-0.3, -0.25) is 0 Å². The lowest BCUT2D eigenvalue weighted by Crippen LogP contribution is -2.37. The molecular weight excluding hydrogens is 142 g/mol. The SMILES string of the molecule is CC1CN(C)CC12OCCO2. The number of nitrogens with zero attached hydrogens (tertiary/aromatic N) is 1. The molecule has 1 unspecified atom stereocenters. The summed E-state index contributed by atoms with van der Waals surface area (Å²) in [7, 11) is 2.11. The Kier molecular flexibility index (Phi) is 1.67. The molecule has 3 nitrogen and oxygen atoms in total. The van der Waals surface area contributed by atoms with Crippen molar-refractivity contribution in [1.82, 2.24) is 4.90 Å². The maximum atomic E-state index is 5.62. The molecule has 1 atom stereocenters. The van der Waals surface area contributed by atoms with Gasteiger partial charge in [-0.1, -0.05) is 6.92 Å². The van der Waals surface area contributed by atoms with Crippen LogP contribution in [-0.2, 0) is 9.47 Å². The van der Waals surface area contributed by atoms with Crippen LogP contribution in [0.25, 0.3) is 0 Å². The average Bonchev–Trinajstić information content (AvgIpc) is 2.45. The van der Waals surface area contributed by atoms with Crippen LogP contribution in [0.2, 0.25) is 0 Å². The van der Waals surface area contributed by atoms with E-state index in [-0.39, 0.29) is 5.79 Å². The number of likely N-dealkylation sites (N-methyl/N-ethyl adjacent to an activating group) is 1. The normalized spacial score (nSPS) is 37.1. The first-order valence-corrected chi connectivity index (χ1v) is 4.19. The zero-order valence-electron chi connectivity index (χ0n) is 7.17. The molecule has 0 N–H and O–H groups in total. The van der Waals surface area contributed by atoms with Crippen LogP contribution in [-0.4, -0.2) is 44.0 Å². The molecule has 2 aliphatic rings. The number of hydrogen-bond acceptors (Lipinski definition) is 3. The first-order chi connectivity index (χ1) is 5.23. The van der Waals surface area contributed by atoms with Gasteiger partial charge in [0.15, 0.2) is 5.79 Å². The van der Waals surface area contributed by atoms with Gasteiger partial charge in [0.05, 0.1) is 19.8 Å². The average molecular weight is 157 g/mol. The summed E-state index contributed by atoms with van der Waals surface area (Å²) in [5, 5.41) is 0. The van der Waals surface area contributed by atoms with Crippen molar-refractivity contribution >= 4 is 0 Å². The van der Waals surface area contributed by atoms with E-state index in [0.717, 1.165) is 26.3 Å². The molecule has 0 radical (unpaired) electrons. The summed E-state index contributed by atoms with van der Waals surface area (Å²) in [6.45, 7) is 5.72. The van der Waals surface area contributed by atoms with Crippen molar-refractivity contribution in [3.8, 4) is 0 Å². The lowest BCUT2D eigenvalue weighted by molar-refractivity contribution is -0.169. The van der Waals surface area contributed by atoms with Gasteiger partial charge in [0.2, 0.25) is 0 Å². The molecule has 0 bridgehead atoms. The van der Waals surface area contributed by atoms with Gasteiger partial charge in [0, 0.05) is 12.5 Å². The van der Waals surface area contributed by atoms with Crippen LogP contribution in [0.1, 0.15) is 6.92 Å². The smallest absolute Gasteiger partial charge is 0.184 e. The molecule has 2 rings (SSSR count). The van der Waals surface area contributed by atoms with Crippen molar-refractivity contribution in [2.24, 2.45) is 5.92 Å². The fourth-order valence-electron chi connectivity index (χ4n) is 2.05. The summed E-state index contributed by atoms with van der Waals surface area (Å²) < 4.78 is 11.2. The molecule has 0 aromatic rings.